The molecule has 2 fully saturated rings. The van der Waals surface area contributed by atoms with Crippen LogP contribution in [0.3, 0.4) is 0 Å². The van der Waals surface area contributed by atoms with Crippen molar-refractivity contribution in [3.8, 4) is 11.5 Å². The van der Waals surface area contributed by atoms with Crippen LogP contribution < -0.4 is 14.8 Å². The van der Waals surface area contributed by atoms with Gasteiger partial charge in [-0.1, -0.05) is 13.8 Å². The Labute approximate surface area is 190 Å². The minimum Gasteiger partial charge on any atom is -0.486 e. The largest absolute Gasteiger partial charge is 0.486 e. The van der Waals surface area contributed by atoms with Crippen LogP contribution in [-0.2, 0) is 9.59 Å². The maximum Gasteiger partial charge on any atom is 0.236 e. The van der Waals surface area contributed by atoms with Crippen molar-refractivity contribution in [1.29, 1.82) is 0 Å². The summed E-state index contributed by atoms with van der Waals surface area (Å²) in [5.74, 6) is 2.83. The van der Waals surface area contributed by atoms with Crippen LogP contribution in [0.5, 0.6) is 11.5 Å². The lowest BCUT2D eigenvalue weighted by molar-refractivity contribution is -0.135. The summed E-state index contributed by atoms with van der Waals surface area (Å²) >= 11 is 0. The number of piperidine rings is 1. The minimum atomic E-state index is -0.00683. The van der Waals surface area contributed by atoms with Gasteiger partial charge in [-0.2, -0.15) is 0 Å². The van der Waals surface area contributed by atoms with E-state index in [1.807, 2.05) is 23.1 Å². The normalized spacial score (nSPS) is 24.2. The monoisotopic (exact) mass is 444 g/mol. The van der Waals surface area contributed by atoms with Gasteiger partial charge in [-0.15, -0.1) is 0 Å². The quantitative estimate of drug-likeness (QED) is 0.723. The van der Waals surface area contributed by atoms with Crippen molar-refractivity contribution in [2.45, 2.75) is 26.7 Å². The van der Waals surface area contributed by atoms with E-state index in [1.54, 1.807) is 0 Å². The molecule has 176 valence electrons. The Morgan fingerprint density at radius 1 is 0.969 bits per heavy atom. The Morgan fingerprint density at radius 2 is 1.62 bits per heavy atom. The number of amides is 2. The number of hydrogen-bond donors (Lipinski definition) is 1. The smallest absolute Gasteiger partial charge is 0.236 e. The molecule has 2 saturated heterocycles. The van der Waals surface area contributed by atoms with Gasteiger partial charge in [-0.3, -0.25) is 14.5 Å². The molecule has 3 aliphatic rings. The van der Waals surface area contributed by atoms with E-state index >= 15 is 0 Å². The zero-order valence-electron chi connectivity index (χ0n) is 19.3. The van der Waals surface area contributed by atoms with Crippen LogP contribution in [0.1, 0.15) is 26.7 Å². The minimum absolute atomic E-state index is 0.00683. The molecule has 0 bridgehead atoms. The maximum absolute atomic E-state index is 12.7. The zero-order chi connectivity index (χ0) is 22.5. The van der Waals surface area contributed by atoms with Crippen molar-refractivity contribution in [1.82, 2.24) is 14.7 Å². The molecule has 3 heterocycles. The highest BCUT2D eigenvalue weighted by atomic mass is 16.6. The highest BCUT2D eigenvalue weighted by molar-refractivity contribution is 5.91. The molecule has 0 aliphatic carbocycles. The molecule has 0 spiro atoms. The van der Waals surface area contributed by atoms with Gasteiger partial charge < -0.3 is 24.6 Å². The van der Waals surface area contributed by atoms with Crippen LogP contribution in [0.25, 0.3) is 0 Å². The van der Waals surface area contributed by atoms with E-state index in [1.165, 1.54) is 6.42 Å². The Morgan fingerprint density at radius 3 is 2.34 bits per heavy atom. The van der Waals surface area contributed by atoms with E-state index in [0.717, 1.165) is 57.3 Å². The molecule has 2 atom stereocenters. The summed E-state index contributed by atoms with van der Waals surface area (Å²) in [5.41, 5.74) is 0.726. The molecule has 2 amide bonds. The van der Waals surface area contributed by atoms with Crippen LogP contribution in [0, 0.1) is 11.8 Å². The van der Waals surface area contributed by atoms with E-state index < -0.39 is 0 Å². The van der Waals surface area contributed by atoms with Gasteiger partial charge in [-0.05, 0) is 30.4 Å². The predicted octanol–water partition coefficient (Wildman–Crippen LogP) is 1.91. The third kappa shape index (κ3) is 6.13. The predicted molar refractivity (Wildman–Crippen MR) is 123 cm³/mol. The number of anilines is 1. The first kappa shape index (κ1) is 22.9. The average Bonchev–Trinajstić information content (AvgIpc) is 2.78. The van der Waals surface area contributed by atoms with Crippen molar-refractivity contribution in [2.24, 2.45) is 11.8 Å². The fourth-order valence-electron chi connectivity index (χ4n) is 4.93. The van der Waals surface area contributed by atoms with Crippen LogP contribution >= 0.6 is 0 Å². The zero-order valence-corrected chi connectivity index (χ0v) is 19.3. The second-order valence-corrected chi connectivity index (χ2v) is 9.52. The summed E-state index contributed by atoms with van der Waals surface area (Å²) < 4.78 is 11.1. The first-order chi connectivity index (χ1) is 15.5. The number of carbonyl (C=O) groups excluding carboxylic acids is 2. The molecule has 0 radical (unpaired) electrons. The Hall–Kier alpha value is -2.32. The number of nitrogens with zero attached hydrogens (tertiary/aromatic N) is 3. The first-order valence-electron chi connectivity index (χ1n) is 11.9. The molecular weight excluding hydrogens is 408 g/mol. The SMILES string of the molecule is CC1CC(C)CN(C(=O)CN2CCN(CCC(=O)Nc3ccc4c(c3)OCCO4)CC2)C1. The molecule has 0 saturated carbocycles. The highest BCUT2D eigenvalue weighted by Crippen LogP contribution is 2.32. The highest BCUT2D eigenvalue weighted by Gasteiger charge is 2.27. The molecule has 8 heteroatoms. The van der Waals surface area contributed by atoms with E-state index in [0.29, 0.717) is 43.8 Å². The Kier molecular flexibility index (Phi) is 7.52. The van der Waals surface area contributed by atoms with Gasteiger partial charge in [0, 0.05) is 64.0 Å². The number of hydrogen-bond acceptors (Lipinski definition) is 6. The molecule has 8 nitrogen and oxygen atoms in total. The number of rotatable bonds is 6. The molecule has 0 aromatic heterocycles. The van der Waals surface area contributed by atoms with Crippen molar-refractivity contribution in [3.63, 3.8) is 0 Å². The number of likely N-dealkylation sites (tertiary alicyclic amines) is 1. The maximum atomic E-state index is 12.7. The molecule has 1 N–H and O–H groups in total. The number of benzene rings is 1. The molecule has 32 heavy (non-hydrogen) atoms. The second kappa shape index (κ2) is 10.5. The third-order valence-electron chi connectivity index (χ3n) is 6.53. The molecule has 4 rings (SSSR count). The summed E-state index contributed by atoms with van der Waals surface area (Å²) in [4.78, 5) is 31.7. The standard InChI is InChI=1S/C24H36N4O4/c1-18-13-19(2)16-28(15-18)24(30)17-27-9-7-26(8-10-27)6-5-23(29)25-20-3-4-21-22(14-20)32-12-11-31-21/h3-4,14,18-19H,5-13,15-17H2,1-2H3,(H,25,29). The van der Waals surface area contributed by atoms with Crippen molar-refractivity contribution < 1.29 is 19.1 Å². The topological polar surface area (TPSA) is 74.4 Å². The molecule has 1 aromatic carbocycles. The second-order valence-electron chi connectivity index (χ2n) is 9.52. The van der Waals surface area contributed by atoms with Gasteiger partial charge in [0.05, 0.1) is 6.54 Å². The summed E-state index contributed by atoms with van der Waals surface area (Å²) in [6.07, 6.45) is 1.65. The van der Waals surface area contributed by atoms with Crippen molar-refractivity contribution >= 4 is 17.5 Å². The molecule has 3 aliphatic heterocycles. The van der Waals surface area contributed by atoms with Crippen molar-refractivity contribution in [3.05, 3.63) is 18.2 Å². The van der Waals surface area contributed by atoms with Gasteiger partial charge >= 0.3 is 0 Å². The lowest BCUT2D eigenvalue weighted by Crippen LogP contribution is -2.52. The van der Waals surface area contributed by atoms with Crippen molar-refractivity contribution in [2.75, 3.05) is 70.9 Å². The fourth-order valence-corrected chi connectivity index (χ4v) is 4.93. The number of ether oxygens (including phenoxy) is 2. The van der Waals surface area contributed by atoms with E-state index in [9.17, 15) is 9.59 Å². The van der Waals surface area contributed by atoms with Gasteiger partial charge in [0.2, 0.25) is 11.8 Å². The molecule has 2 unspecified atom stereocenters. The lowest BCUT2D eigenvalue weighted by atomic mass is 9.92. The van der Waals surface area contributed by atoms with E-state index in [2.05, 4.69) is 29.0 Å². The summed E-state index contributed by atoms with van der Waals surface area (Å²) in [7, 11) is 0. The average molecular weight is 445 g/mol. The third-order valence-corrected chi connectivity index (χ3v) is 6.53. The number of nitrogens with one attached hydrogen (secondary N) is 1. The number of carbonyl (C=O) groups is 2. The summed E-state index contributed by atoms with van der Waals surface area (Å²) in [6, 6.07) is 5.48. The fraction of sp³-hybridized carbons (Fsp3) is 0.667. The van der Waals surface area contributed by atoms with Gasteiger partial charge in [0.15, 0.2) is 11.5 Å². The lowest BCUT2D eigenvalue weighted by Gasteiger charge is -2.38. The van der Waals surface area contributed by atoms with Crippen LogP contribution in [0.4, 0.5) is 5.69 Å². The van der Waals surface area contributed by atoms with Crippen LogP contribution in [0.2, 0.25) is 0 Å². The number of piperazine rings is 1. The van der Waals surface area contributed by atoms with Crippen LogP contribution in [0.15, 0.2) is 18.2 Å². The first-order valence-corrected chi connectivity index (χ1v) is 11.9. The summed E-state index contributed by atoms with van der Waals surface area (Å²) in [6.45, 7) is 12.1. The molecular formula is C24H36N4O4. The van der Waals surface area contributed by atoms with Gasteiger partial charge in [0.25, 0.3) is 0 Å². The number of fused-ring (bicyclic) bond motifs is 1. The Balaban J connectivity index is 1.15. The summed E-state index contributed by atoms with van der Waals surface area (Å²) in [5, 5.41) is 2.95. The van der Waals surface area contributed by atoms with E-state index in [4.69, 9.17) is 9.47 Å². The van der Waals surface area contributed by atoms with Gasteiger partial charge in [0.1, 0.15) is 13.2 Å². The molecule has 1 aromatic rings. The van der Waals surface area contributed by atoms with E-state index in [-0.39, 0.29) is 11.8 Å². The van der Waals surface area contributed by atoms with Crippen LogP contribution in [-0.4, -0.2) is 92.1 Å². The van der Waals surface area contributed by atoms with Gasteiger partial charge in [-0.25, -0.2) is 0 Å². The Bertz CT molecular complexity index is 799.